The lowest BCUT2D eigenvalue weighted by atomic mass is 10.1. The van der Waals surface area contributed by atoms with E-state index in [1.54, 1.807) is 55.9 Å². The Morgan fingerprint density at radius 1 is 0.912 bits per heavy atom. The summed E-state index contributed by atoms with van der Waals surface area (Å²) in [7, 11) is 3.07. The van der Waals surface area contributed by atoms with Crippen LogP contribution >= 0.6 is 0 Å². The van der Waals surface area contributed by atoms with Crippen molar-refractivity contribution in [3.05, 3.63) is 66.2 Å². The lowest BCUT2D eigenvalue weighted by Gasteiger charge is -2.11. The molecule has 2 amide bonds. The number of aromatic amines is 2. The van der Waals surface area contributed by atoms with Gasteiger partial charge in [-0.3, -0.25) is 25.2 Å². The van der Waals surface area contributed by atoms with Gasteiger partial charge in [0.25, 0.3) is 11.8 Å². The Morgan fingerprint density at radius 3 is 2.47 bits per heavy atom. The maximum absolute atomic E-state index is 13.1. The summed E-state index contributed by atoms with van der Waals surface area (Å²) in [6, 6.07) is 10.4. The molecule has 0 aliphatic rings. The SMILES string of the molecule is COc1cc2ccnc(C(=O)Nc3nc4c(C(=O)Nc5ncc[nH]5)cccc4[nH]3)c2cc1OC. The second kappa shape index (κ2) is 8.54. The first-order valence-corrected chi connectivity index (χ1v) is 10.2. The zero-order chi connectivity index (χ0) is 23.7. The molecule has 170 valence electrons. The van der Waals surface area contributed by atoms with Gasteiger partial charge in [-0.25, -0.2) is 9.97 Å². The Morgan fingerprint density at radius 2 is 1.71 bits per heavy atom. The number of carbonyl (C=O) groups is 2. The van der Waals surface area contributed by atoms with E-state index >= 15 is 0 Å². The van der Waals surface area contributed by atoms with Crippen LogP contribution in [0.1, 0.15) is 20.8 Å². The summed E-state index contributed by atoms with van der Waals surface area (Å²) in [5.74, 6) is 0.663. The van der Waals surface area contributed by atoms with Crippen LogP contribution in [0.25, 0.3) is 21.8 Å². The molecule has 0 unspecified atom stereocenters. The normalized spacial score (nSPS) is 10.9. The van der Waals surface area contributed by atoms with Crippen molar-refractivity contribution in [1.29, 1.82) is 0 Å². The molecule has 0 saturated heterocycles. The highest BCUT2D eigenvalue weighted by Gasteiger charge is 2.19. The summed E-state index contributed by atoms with van der Waals surface area (Å²) in [4.78, 5) is 44.3. The summed E-state index contributed by atoms with van der Waals surface area (Å²) >= 11 is 0. The number of aromatic nitrogens is 5. The Hall–Kier alpha value is -4.93. The molecule has 0 spiro atoms. The van der Waals surface area contributed by atoms with Crippen molar-refractivity contribution < 1.29 is 19.1 Å². The predicted molar refractivity (Wildman–Crippen MR) is 125 cm³/mol. The molecule has 0 fully saturated rings. The van der Waals surface area contributed by atoms with E-state index in [0.29, 0.717) is 39.4 Å². The van der Waals surface area contributed by atoms with E-state index in [1.807, 2.05) is 0 Å². The molecule has 34 heavy (non-hydrogen) atoms. The maximum atomic E-state index is 13.1. The van der Waals surface area contributed by atoms with Crippen LogP contribution in [0.3, 0.4) is 0 Å². The van der Waals surface area contributed by atoms with E-state index in [4.69, 9.17) is 9.47 Å². The number of fused-ring (bicyclic) bond motifs is 2. The van der Waals surface area contributed by atoms with Gasteiger partial charge >= 0.3 is 0 Å². The highest BCUT2D eigenvalue weighted by atomic mass is 16.5. The van der Waals surface area contributed by atoms with Crippen LogP contribution in [0.5, 0.6) is 11.5 Å². The van der Waals surface area contributed by atoms with Crippen LogP contribution in [0.2, 0.25) is 0 Å². The van der Waals surface area contributed by atoms with Crippen LogP contribution in [0, 0.1) is 0 Å². The van der Waals surface area contributed by atoms with Gasteiger partial charge in [-0.2, -0.15) is 0 Å². The molecule has 5 aromatic rings. The van der Waals surface area contributed by atoms with Gasteiger partial charge in [0.2, 0.25) is 11.9 Å². The first-order valence-electron chi connectivity index (χ1n) is 10.2. The minimum atomic E-state index is -0.474. The summed E-state index contributed by atoms with van der Waals surface area (Å²) < 4.78 is 10.7. The van der Waals surface area contributed by atoms with Crippen molar-refractivity contribution in [3.8, 4) is 11.5 Å². The number of para-hydroxylation sites is 1. The van der Waals surface area contributed by atoms with E-state index in [9.17, 15) is 9.59 Å². The number of hydrogen-bond acceptors (Lipinski definition) is 7. The largest absolute Gasteiger partial charge is 0.493 e. The topological polar surface area (TPSA) is 147 Å². The number of pyridine rings is 1. The Bertz CT molecular complexity index is 1530. The summed E-state index contributed by atoms with van der Waals surface area (Å²) in [5, 5.41) is 6.75. The van der Waals surface area contributed by atoms with Crippen LogP contribution in [-0.2, 0) is 0 Å². The minimum absolute atomic E-state index is 0.178. The molecular weight excluding hydrogens is 438 g/mol. The van der Waals surface area contributed by atoms with E-state index in [-0.39, 0.29) is 17.5 Å². The highest BCUT2D eigenvalue weighted by molar-refractivity contribution is 6.13. The third-order valence-corrected chi connectivity index (χ3v) is 5.20. The number of rotatable bonds is 6. The molecular formula is C23H19N7O4. The number of carbonyl (C=O) groups excluding carboxylic acids is 2. The van der Waals surface area contributed by atoms with Gasteiger partial charge in [0, 0.05) is 24.0 Å². The number of methoxy groups -OCH3 is 2. The van der Waals surface area contributed by atoms with Gasteiger partial charge in [0.05, 0.1) is 25.3 Å². The maximum Gasteiger partial charge on any atom is 0.277 e. The molecule has 0 aliphatic carbocycles. The molecule has 0 bridgehead atoms. The molecule has 11 nitrogen and oxygen atoms in total. The first kappa shape index (κ1) is 20.9. The monoisotopic (exact) mass is 457 g/mol. The van der Waals surface area contributed by atoms with Crippen LogP contribution in [0.4, 0.5) is 11.9 Å². The second-order valence-corrected chi connectivity index (χ2v) is 7.22. The predicted octanol–water partition coefficient (Wildman–Crippen LogP) is 3.36. The zero-order valence-electron chi connectivity index (χ0n) is 18.2. The number of ether oxygens (including phenoxy) is 2. The molecule has 0 saturated carbocycles. The minimum Gasteiger partial charge on any atom is -0.493 e. The van der Waals surface area contributed by atoms with Crippen molar-refractivity contribution in [2.45, 2.75) is 0 Å². The Kier molecular flexibility index (Phi) is 5.26. The quantitative estimate of drug-likeness (QED) is 0.306. The number of anilines is 2. The summed E-state index contributed by atoms with van der Waals surface area (Å²) in [5.41, 5.74) is 1.50. The van der Waals surface area contributed by atoms with Gasteiger partial charge < -0.3 is 19.4 Å². The number of nitrogens with zero attached hydrogens (tertiary/aromatic N) is 3. The fourth-order valence-corrected chi connectivity index (χ4v) is 3.63. The second-order valence-electron chi connectivity index (χ2n) is 7.22. The molecule has 0 radical (unpaired) electrons. The fraction of sp³-hybridized carbons (Fsp3) is 0.0870. The van der Waals surface area contributed by atoms with Gasteiger partial charge in [0.1, 0.15) is 11.2 Å². The van der Waals surface area contributed by atoms with E-state index < -0.39 is 5.91 Å². The number of nitrogens with one attached hydrogen (secondary N) is 4. The number of benzene rings is 2. The van der Waals surface area contributed by atoms with Gasteiger partial charge in [-0.05, 0) is 35.7 Å². The molecule has 11 heteroatoms. The average Bonchev–Trinajstić information content (AvgIpc) is 3.51. The molecule has 0 aliphatic heterocycles. The van der Waals surface area contributed by atoms with Crippen LogP contribution in [0.15, 0.2) is 55.0 Å². The van der Waals surface area contributed by atoms with Gasteiger partial charge in [-0.15, -0.1) is 0 Å². The van der Waals surface area contributed by atoms with E-state index in [0.717, 1.165) is 5.39 Å². The fourth-order valence-electron chi connectivity index (χ4n) is 3.63. The van der Waals surface area contributed by atoms with Crippen molar-refractivity contribution >= 4 is 45.5 Å². The van der Waals surface area contributed by atoms with E-state index in [2.05, 4.69) is 35.6 Å². The van der Waals surface area contributed by atoms with Gasteiger partial charge in [-0.1, -0.05) is 6.07 Å². The average molecular weight is 457 g/mol. The Balaban J connectivity index is 1.46. The zero-order valence-corrected chi connectivity index (χ0v) is 18.2. The molecule has 3 heterocycles. The first-order chi connectivity index (χ1) is 16.6. The van der Waals surface area contributed by atoms with E-state index in [1.165, 1.54) is 13.3 Å². The number of imidazole rings is 2. The third-order valence-electron chi connectivity index (χ3n) is 5.20. The standard InChI is InChI=1S/C23H19N7O4/c1-33-16-10-12-6-7-24-19(14(12)11-17(16)34-2)21(32)30-23-27-15-5-3-4-13(18(15)28-23)20(31)29-22-25-8-9-26-22/h3-11H,1-2H3,(H2,25,26,29,31)(H2,27,28,30,32). The lowest BCUT2D eigenvalue weighted by Crippen LogP contribution is -2.15. The third kappa shape index (κ3) is 3.75. The van der Waals surface area contributed by atoms with Crippen molar-refractivity contribution in [2.24, 2.45) is 0 Å². The van der Waals surface area contributed by atoms with Crippen molar-refractivity contribution in [1.82, 2.24) is 24.9 Å². The van der Waals surface area contributed by atoms with Gasteiger partial charge in [0.15, 0.2) is 11.5 Å². The number of amides is 2. The Labute approximate surface area is 192 Å². The number of hydrogen-bond donors (Lipinski definition) is 4. The van der Waals surface area contributed by atoms with Crippen LogP contribution in [-0.4, -0.2) is 51.0 Å². The lowest BCUT2D eigenvalue weighted by molar-refractivity contribution is 0.101. The van der Waals surface area contributed by atoms with Crippen LogP contribution < -0.4 is 20.1 Å². The highest BCUT2D eigenvalue weighted by Crippen LogP contribution is 2.33. The molecule has 2 aromatic carbocycles. The smallest absolute Gasteiger partial charge is 0.277 e. The summed E-state index contributed by atoms with van der Waals surface area (Å²) in [6.07, 6.45) is 4.68. The molecule has 5 rings (SSSR count). The molecule has 0 atom stereocenters. The number of H-pyrrole nitrogens is 2. The van der Waals surface area contributed by atoms with Crippen molar-refractivity contribution in [2.75, 3.05) is 24.9 Å². The van der Waals surface area contributed by atoms with Crippen molar-refractivity contribution in [3.63, 3.8) is 0 Å². The summed E-state index contributed by atoms with van der Waals surface area (Å²) in [6.45, 7) is 0. The molecule has 4 N–H and O–H groups in total. The molecule has 3 aromatic heterocycles.